The normalized spacial score (nSPS) is 11.9. The van der Waals surface area contributed by atoms with Crippen molar-refractivity contribution in [2.75, 3.05) is 14.2 Å². The minimum absolute atomic E-state index is 0.266. The fourth-order valence-corrected chi connectivity index (χ4v) is 1.91. The van der Waals surface area contributed by atoms with Crippen molar-refractivity contribution >= 4 is 0 Å². The second kappa shape index (κ2) is 5.51. The van der Waals surface area contributed by atoms with Crippen molar-refractivity contribution < 1.29 is 9.47 Å². The van der Waals surface area contributed by atoms with Crippen LogP contribution in [0.25, 0.3) is 0 Å². The number of benzene rings is 1. The van der Waals surface area contributed by atoms with Gasteiger partial charge in [-0.25, -0.2) is 0 Å². The SMILES string of the molecule is COc1cccc(C(N)c2ccncc2)c1OC. The van der Waals surface area contributed by atoms with Crippen molar-refractivity contribution in [3.8, 4) is 11.5 Å². The highest BCUT2D eigenvalue weighted by atomic mass is 16.5. The zero-order chi connectivity index (χ0) is 13.0. The van der Waals surface area contributed by atoms with Crippen molar-refractivity contribution in [1.29, 1.82) is 0 Å². The summed E-state index contributed by atoms with van der Waals surface area (Å²) in [7, 11) is 3.22. The van der Waals surface area contributed by atoms with Gasteiger partial charge in [-0.3, -0.25) is 4.98 Å². The second-order valence-corrected chi connectivity index (χ2v) is 3.84. The number of rotatable bonds is 4. The van der Waals surface area contributed by atoms with Gasteiger partial charge in [-0.05, 0) is 23.8 Å². The fourth-order valence-electron chi connectivity index (χ4n) is 1.91. The highest BCUT2D eigenvalue weighted by Crippen LogP contribution is 2.35. The number of nitrogens with zero attached hydrogens (tertiary/aromatic N) is 1. The molecule has 0 spiro atoms. The Kier molecular flexibility index (Phi) is 3.79. The van der Waals surface area contributed by atoms with Crippen LogP contribution in [0.1, 0.15) is 17.2 Å². The van der Waals surface area contributed by atoms with E-state index in [-0.39, 0.29) is 6.04 Å². The van der Waals surface area contributed by atoms with E-state index in [1.807, 2.05) is 30.3 Å². The first-order chi connectivity index (χ1) is 8.77. The molecule has 0 radical (unpaired) electrons. The molecular formula is C14H16N2O2. The van der Waals surface area contributed by atoms with E-state index in [0.29, 0.717) is 11.5 Å². The molecule has 4 heteroatoms. The highest BCUT2D eigenvalue weighted by molar-refractivity contribution is 5.50. The molecule has 0 bridgehead atoms. The summed E-state index contributed by atoms with van der Waals surface area (Å²) < 4.78 is 10.7. The summed E-state index contributed by atoms with van der Waals surface area (Å²) in [5.74, 6) is 1.35. The van der Waals surface area contributed by atoms with Crippen LogP contribution in [0.5, 0.6) is 11.5 Å². The Morgan fingerprint density at radius 3 is 2.39 bits per heavy atom. The Bertz CT molecular complexity index is 514. The third-order valence-corrected chi connectivity index (χ3v) is 2.83. The molecule has 0 fully saturated rings. The van der Waals surface area contributed by atoms with Gasteiger partial charge >= 0.3 is 0 Å². The smallest absolute Gasteiger partial charge is 0.165 e. The Balaban J connectivity index is 2.45. The molecule has 18 heavy (non-hydrogen) atoms. The van der Waals surface area contributed by atoms with Crippen LogP contribution >= 0.6 is 0 Å². The first-order valence-electron chi connectivity index (χ1n) is 5.64. The lowest BCUT2D eigenvalue weighted by Crippen LogP contribution is -2.13. The predicted octanol–water partition coefficient (Wildman–Crippen LogP) is 2.15. The molecule has 0 aliphatic heterocycles. The number of methoxy groups -OCH3 is 2. The van der Waals surface area contributed by atoms with Crippen molar-refractivity contribution in [3.05, 3.63) is 53.9 Å². The summed E-state index contributed by atoms with van der Waals surface area (Å²) in [6.45, 7) is 0. The van der Waals surface area contributed by atoms with Gasteiger partial charge in [0.05, 0.1) is 20.3 Å². The van der Waals surface area contributed by atoms with Gasteiger partial charge in [0.2, 0.25) is 0 Å². The Labute approximate surface area is 106 Å². The quantitative estimate of drug-likeness (QED) is 0.895. The molecule has 4 nitrogen and oxygen atoms in total. The topological polar surface area (TPSA) is 57.4 Å². The van der Waals surface area contributed by atoms with Crippen LogP contribution in [-0.4, -0.2) is 19.2 Å². The van der Waals surface area contributed by atoms with Gasteiger partial charge in [-0.1, -0.05) is 12.1 Å². The van der Waals surface area contributed by atoms with Crippen LogP contribution in [0.4, 0.5) is 0 Å². The van der Waals surface area contributed by atoms with Crippen LogP contribution in [0.2, 0.25) is 0 Å². The van der Waals surface area contributed by atoms with Crippen LogP contribution < -0.4 is 15.2 Å². The largest absolute Gasteiger partial charge is 0.493 e. The summed E-state index contributed by atoms with van der Waals surface area (Å²) in [4.78, 5) is 3.99. The van der Waals surface area contributed by atoms with Crippen molar-refractivity contribution in [2.45, 2.75) is 6.04 Å². The van der Waals surface area contributed by atoms with E-state index < -0.39 is 0 Å². The van der Waals surface area contributed by atoms with Gasteiger partial charge in [0, 0.05) is 18.0 Å². The first-order valence-corrected chi connectivity index (χ1v) is 5.64. The third kappa shape index (κ3) is 2.28. The summed E-state index contributed by atoms with van der Waals surface area (Å²) >= 11 is 0. The summed E-state index contributed by atoms with van der Waals surface area (Å²) in [5.41, 5.74) is 8.13. The number of ether oxygens (including phenoxy) is 2. The molecule has 0 aliphatic carbocycles. The third-order valence-electron chi connectivity index (χ3n) is 2.83. The average Bonchev–Trinajstić information content (AvgIpc) is 2.46. The highest BCUT2D eigenvalue weighted by Gasteiger charge is 2.17. The number of hydrogen-bond donors (Lipinski definition) is 1. The van der Waals surface area contributed by atoms with Crippen molar-refractivity contribution in [3.63, 3.8) is 0 Å². The Hall–Kier alpha value is -2.07. The molecule has 0 saturated carbocycles. The number of hydrogen-bond acceptors (Lipinski definition) is 4. The summed E-state index contributed by atoms with van der Waals surface area (Å²) in [5, 5.41) is 0. The number of nitrogens with two attached hydrogens (primary N) is 1. The minimum Gasteiger partial charge on any atom is -0.493 e. The van der Waals surface area contributed by atoms with Gasteiger partial charge in [-0.15, -0.1) is 0 Å². The lowest BCUT2D eigenvalue weighted by molar-refractivity contribution is 0.350. The molecule has 0 saturated heterocycles. The van der Waals surface area contributed by atoms with Crippen molar-refractivity contribution in [1.82, 2.24) is 4.98 Å². The fraction of sp³-hybridized carbons (Fsp3) is 0.214. The van der Waals surface area contributed by atoms with Gasteiger partial charge in [0.25, 0.3) is 0 Å². The maximum absolute atomic E-state index is 6.25. The zero-order valence-electron chi connectivity index (χ0n) is 10.5. The molecule has 0 amide bonds. The second-order valence-electron chi connectivity index (χ2n) is 3.84. The lowest BCUT2D eigenvalue weighted by Gasteiger charge is -2.17. The summed E-state index contributed by atoms with van der Waals surface area (Å²) in [6.07, 6.45) is 3.45. The van der Waals surface area contributed by atoms with E-state index in [9.17, 15) is 0 Å². The van der Waals surface area contributed by atoms with Gasteiger partial charge in [0.1, 0.15) is 0 Å². The maximum atomic E-state index is 6.25. The molecule has 1 heterocycles. The predicted molar refractivity (Wildman–Crippen MR) is 69.8 cm³/mol. The van der Waals surface area contributed by atoms with E-state index in [4.69, 9.17) is 15.2 Å². The molecule has 2 N–H and O–H groups in total. The minimum atomic E-state index is -0.266. The molecule has 2 aromatic rings. The molecule has 1 aromatic carbocycles. The molecule has 1 unspecified atom stereocenters. The maximum Gasteiger partial charge on any atom is 0.165 e. The van der Waals surface area contributed by atoms with E-state index >= 15 is 0 Å². The molecule has 1 aromatic heterocycles. The van der Waals surface area contributed by atoms with Crippen molar-refractivity contribution in [2.24, 2.45) is 5.73 Å². The molecule has 0 aliphatic rings. The van der Waals surface area contributed by atoms with Crippen LogP contribution in [-0.2, 0) is 0 Å². The van der Waals surface area contributed by atoms with Crippen LogP contribution in [0.3, 0.4) is 0 Å². The van der Waals surface area contributed by atoms with Gasteiger partial charge < -0.3 is 15.2 Å². The van der Waals surface area contributed by atoms with Gasteiger partial charge in [0.15, 0.2) is 11.5 Å². The zero-order valence-corrected chi connectivity index (χ0v) is 10.5. The monoisotopic (exact) mass is 244 g/mol. The average molecular weight is 244 g/mol. The Morgan fingerprint density at radius 2 is 1.78 bits per heavy atom. The Morgan fingerprint density at radius 1 is 1.06 bits per heavy atom. The van der Waals surface area contributed by atoms with Crippen LogP contribution in [0.15, 0.2) is 42.7 Å². The number of pyridine rings is 1. The van der Waals surface area contributed by atoms with Gasteiger partial charge in [-0.2, -0.15) is 0 Å². The molecule has 2 rings (SSSR count). The summed E-state index contributed by atoms with van der Waals surface area (Å²) in [6, 6.07) is 9.21. The first kappa shape index (κ1) is 12.4. The molecule has 94 valence electrons. The van der Waals surface area contributed by atoms with E-state index in [1.54, 1.807) is 26.6 Å². The number of aromatic nitrogens is 1. The number of para-hydroxylation sites is 1. The van der Waals surface area contributed by atoms with E-state index in [1.165, 1.54) is 0 Å². The standard InChI is InChI=1S/C14H16N2O2/c1-17-12-5-3-4-11(14(12)18-2)13(15)10-6-8-16-9-7-10/h3-9,13H,15H2,1-2H3. The molecule has 1 atom stereocenters. The lowest BCUT2D eigenvalue weighted by atomic mass is 9.99. The van der Waals surface area contributed by atoms with Crippen LogP contribution in [0, 0.1) is 0 Å². The van der Waals surface area contributed by atoms with E-state index in [0.717, 1.165) is 11.1 Å². The molecular weight excluding hydrogens is 228 g/mol. The van der Waals surface area contributed by atoms with E-state index in [2.05, 4.69) is 4.98 Å².